The molecule has 10 nitrogen and oxygen atoms in total. The van der Waals surface area contributed by atoms with Crippen molar-refractivity contribution in [1.29, 1.82) is 0 Å². The van der Waals surface area contributed by atoms with E-state index in [1.165, 1.54) is 18.5 Å². The average Bonchev–Trinajstić information content (AvgIpc) is 4.04. The summed E-state index contributed by atoms with van der Waals surface area (Å²) in [5.41, 5.74) is -1.66. The fraction of sp³-hybridized carbons (Fsp3) is 0.375. The van der Waals surface area contributed by atoms with E-state index in [0.29, 0.717) is 32.8 Å². The fourth-order valence-electron chi connectivity index (χ4n) is 7.64. The third kappa shape index (κ3) is 7.34. The van der Waals surface area contributed by atoms with Gasteiger partial charge in [0, 0.05) is 41.6 Å². The number of fused-ring (bicyclic) bond motifs is 4. The summed E-state index contributed by atoms with van der Waals surface area (Å²) in [6.07, 6.45) is -1.93. The number of aromatic nitrogens is 5. The van der Waals surface area contributed by atoms with Gasteiger partial charge >= 0.3 is 0 Å². The molecule has 3 aromatic heterocycles. The Balaban J connectivity index is 1.26. The van der Waals surface area contributed by atoms with E-state index in [-0.39, 0.29) is 58.0 Å². The highest BCUT2D eigenvalue weighted by atomic mass is 35.5. The molecular weight excluding hydrogens is 776 g/mol. The van der Waals surface area contributed by atoms with Crippen molar-refractivity contribution in [3.05, 3.63) is 93.0 Å². The molecule has 2 amide bonds. The highest BCUT2D eigenvalue weighted by Gasteiger charge is 2.67. The third-order valence-corrected chi connectivity index (χ3v) is 10.6. The molecule has 17 heteroatoms. The first kappa shape index (κ1) is 38.5. The molecule has 3 aliphatic carbocycles. The Morgan fingerprint density at radius 2 is 1.75 bits per heavy atom. The van der Waals surface area contributed by atoms with E-state index in [1.54, 1.807) is 31.3 Å². The van der Waals surface area contributed by atoms with E-state index in [9.17, 15) is 32.3 Å². The zero-order valence-electron chi connectivity index (χ0n) is 30.6. The van der Waals surface area contributed by atoms with Crippen LogP contribution < -0.4 is 10.6 Å². The van der Waals surface area contributed by atoms with Gasteiger partial charge in [-0.25, -0.2) is 22.5 Å². The zero-order valence-corrected chi connectivity index (χ0v) is 31.4. The number of carbonyl (C=O) groups excluding carboxylic acids is 2. The molecule has 2 fully saturated rings. The van der Waals surface area contributed by atoms with Gasteiger partial charge in [0.15, 0.2) is 5.82 Å². The molecular formula is C40H34ClF6N7O3. The van der Waals surface area contributed by atoms with Crippen LogP contribution in [-0.2, 0) is 35.5 Å². The molecule has 3 aliphatic rings. The van der Waals surface area contributed by atoms with Gasteiger partial charge in [-0.1, -0.05) is 23.6 Å². The minimum atomic E-state index is -3.48. The molecule has 8 rings (SSSR count). The summed E-state index contributed by atoms with van der Waals surface area (Å²) in [5.74, 6) is -2.85. The predicted molar refractivity (Wildman–Crippen MR) is 196 cm³/mol. The van der Waals surface area contributed by atoms with Crippen LogP contribution in [0.1, 0.15) is 85.4 Å². The molecule has 0 unspecified atom stereocenters. The summed E-state index contributed by atoms with van der Waals surface area (Å²) in [6, 6.07) is 7.94. The number of pyridine rings is 1. The number of benzene rings is 2. The van der Waals surface area contributed by atoms with E-state index in [1.807, 2.05) is 0 Å². The van der Waals surface area contributed by atoms with E-state index in [0.717, 1.165) is 25.0 Å². The van der Waals surface area contributed by atoms with Crippen molar-refractivity contribution in [2.24, 2.45) is 18.9 Å². The maximum atomic E-state index is 15.4. The van der Waals surface area contributed by atoms with Crippen LogP contribution in [-0.4, -0.2) is 47.1 Å². The summed E-state index contributed by atoms with van der Waals surface area (Å²) in [5, 5.41) is 24.9. The second-order valence-corrected chi connectivity index (χ2v) is 15.7. The predicted octanol–water partition coefficient (Wildman–Crippen LogP) is 7.48. The number of rotatable bonds is 10. The Hall–Kier alpha value is -5.40. The molecule has 3 atom stereocenters. The van der Waals surface area contributed by atoms with E-state index in [2.05, 4.69) is 32.7 Å². The Morgan fingerprint density at radius 3 is 2.42 bits per heavy atom. The topological polar surface area (TPSA) is 127 Å². The van der Waals surface area contributed by atoms with Crippen LogP contribution in [0.3, 0.4) is 0 Å². The Kier molecular flexibility index (Phi) is 9.39. The van der Waals surface area contributed by atoms with Crippen molar-refractivity contribution in [1.82, 2.24) is 29.9 Å². The smallest absolute Gasteiger partial charge is 0.293 e. The van der Waals surface area contributed by atoms with Crippen molar-refractivity contribution >= 4 is 40.1 Å². The Labute approximate surface area is 326 Å². The summed E-state index contributed by atoms with van der Waals surface area (Å²) in [4.78, 5) is 31.5. The highest BCUT2D eigenvalue weighted by Crippen LogP contribution is 2.68. The molecule has 0 bridgehead atoms. The van der Waals surface area contributed by atoms with Crippen LogP contribution in [0.25, 0.3) is 22.0 Å². The molecule has 3 N–H and O–H groups in total. The first-order valence-corrected chi connectivity index (χ1v) is 18.5. The molecule has 0 aliphatic heterocycles. The van der Waals surface area contributed by atoms with Crippen LogP contribution in [0.5, 0.6) is 0 Å². The second-order valence-electron chi connectivity index (χ2n) is 15.3. The van der Waals surface area contributed by atoms with Gasteiger partial charge < -0.3 is 15.7 Å². The van der Waals surface area contributed by atoms with Gasteiger partial charge in [-0.15, -0.1) is 0 Å². The number of hydrogen-bond donors (Lipinski definition) is 3. The summed E-state index contributed by atoms with van der Waals surface area (Å²) in [7, 11) is 1.63. The summed E-state index contributed by atoms with van der Waals surface area (Å²) >= 11 is 6.70. The van der Waals surface area contributed by atoms with Crippen molar-refractivity contribution in [3.63, 3.8) is 0 Å². The lowest BCUT2D eigenvalue weighted by Gasteiger charge is -2.23. The molecule has 0 spiro atoms. The van der Waals surface area contributed by atoms with E-state index < -0.39 is 71.3 Å². The minimum Gasteiger partial charge on any atom is -0.378 e. The first-order chi connectivity index (χ1) is 26.9. The number of carbonyl (C=O) groups is 2. The first-order valence-electron chi connectivity index (χ1n) is 18.1. The van der Waals surface area contributed by atoms with Gasteiger partial charge in [0.25, 0.3) is 12.3 Å². The summed E-state index contributed by atoms with van der Waals surface area (Å²) in [6.45, 7) is 2.03. The summed E-state index contributed by atoms with van der Waals surface area (Å²) < 4.78 is 90.2. The quantitative estimate of drug-likeness (QED) is 0.0993. The molecule has 296 valence electrons. The van der Waals surface area contributed by atoms with Gasteiger partial charge in [0.05, 0.1) is 27.7 Å². The largest absolute Gasteiger partial charge is 0.378 e. The Bertz CT molecular complexity index is 2530. The lowest BCUT2D eigenvalue weighted by atomic mass is 9.93. The van der Waals surface area contributed by atoms with Crippen LogP contribution in [0.15, 0.2) is 42.5 Å². The molecule has 3 heterocycles. The lowest BCUT2D eigenvalue weighted by Crippen LogP contribution is -2.35. The van der Waals surface area contributed by atoms with Crippen molar-refractivity contribution in [2.75, 3.05) is 5.32 Å². The monoisotopic (exact) mass is 809 g/mol. The van der Waals surface area contributed by atoms with Crippen molar-refractivity contribution in [2.45, 2.75) is 76.0 Å². The lowest BCUT2D eigenvalue weighted by molar-refractivity contribution is -0.123. The van der Waals surface area contributed by atoms with Crippen LogP contribution in [0.2, 0.25) is 5.02 Å². The molecule has 2 aromatic carbocycles. The van der Waals surface area contributed by atoms with Gasteiger partial charge in [0.2, 0.25) is 11.8 Å². The van der Waals surface area contributed by atoms with Gasteiger partial charge in [0.1, 0.15) is 40.9 Å². The van der Waals surface area contributed by atoms with Gasteiger partial charge in [-0.3, -0.25) is 19.0 Å². The number of halogens is 7. The SMILES string of the molecule is Cn1nc(NC(=O)C2CC2)c2c(Cl)ccc(-c3ccc(C#CC(C)(C)O)nc3[C@H](Cc3cc(F)cc(F)c3)NC(=O)Cn3nc(C(F)F)c4c3C(F)(F)[C@@H]3C[C@H]43)c21. The molecule has 57 heavy (non-hydrogen) atoms. The Morgan fingerprint density at radius 1 is 1.05 bits per heavy atom. The van der Waals surface area contributed by atoms with Crippen LogP contribution in [0.4, 0.5) is 32.2 Å². The number of anilines is 1. The van der Waals surface area contributed by atoms with Gasteiger partial charge in [-0.2, -0.15) is 19.0 Å². The van der Waals surface area contributed by atoms with Crippen LogP contribution >= 0.6 is 11.6 Å². The maximum Gasteiger partial charge on any atom is 0.293 e. The fourth-order valence-corrected chi connectivity index (χ4v) is 7.88. The average molecular weight is 810 g/mol. The number of nitrogens with zero attached hydrogens (tertiary/aromatic N) is 5. The van der Waals surface area contributed by atoms with Gasteiger partial charge in [-0.05, 0) is 87.3 Å². The normalized spacial score (nSPS) is 18.5. The minimum absolute atomic E-state index is 0.0357. The number of nitrogens with one attached hydrogen (secondary N) is 2. The van der Waals surface area contributed by atoms with E-state index >= 15 is 8.78 Å². The molecule has 0 saturated heterocycles. The standard InChI is InChI=1S/C40H34ClF6N7O3/c1-39(2,57)11-10-22-6-7-23(24-8-9-27(41)31-34(24)53(3)52-37(31)50-38(56)19-4-5-19)32(48-22)28(14-18-12-20(42)15-21(43)13-18)49-29(55)17-54-35-30(33(51-54)36(44)45)25-16-26(25)40(35,46)47/h6-9,12-13,15,19,25-26,28,36,57H,4-5,14,16-17H2,1-3H3,(H,49,55)(H,50,52,56)/t25-,26+,28-/m0/s1. The molecule has 2 saturated carbocycles. The second kappa shape index (κ2) is 13.9. The van der Waals surface area contributed by atoms with E-state index in [4.69, 9.17) is 16.6 Å². The number of hydrogen-bond acceptors (Lipinski definition) is 6. The maximum absolute atomic E-state index is 15.4. The highest BCUT2D eigenvalue weighted by molar-refractivity contribution is 6.37. The number of aryl methyl sites for hydroxylation is 1. The molecule has 0 radical (unpaired) electrons. The van der Waals surface area contributed by atoms with Crippen molar-refractivity contribution < 1.29 is 41.0 Å². The zero-order chi connectivity index (χ0) is 40.7. The van der Waals surface area contributed by atoms with Crippen molar-refractivity contribution in [3.8, 4) is 23.0 Å². The number of alkyl halides is 4. The third-order valence-electron chi connectivity index (χ3n) is 10.3. The molecule has 5 aromatic rings. The van der Waals surface area contributed by atoms with Crippen LogP contribution in [0, 0.1) is 35.3 Å². The number of aliphatic hydroxyl groups is 1. The number of amides is 2.